The number of halogens is 2. The van der Waals surface area contributed by atoms with Gasteiger partial charge in [0.1, 0.15) is 0 Å². The van der Waals surface area contributed by atoms with E-state index in [0.717, 1.165) is 12.8 Å². The Labute approximate surface area is 226 Å². The van der Waals surface area contributed by atoms with Gasteiger partial charge in [0.15, 0.2) is 0 Å². The van der Waals surface area contributed by atoms with Crippen molar-refractivity contribution in [2.75, 3.05) is 0 Å². The van der Waals surface area contributed by atoms with E-state index < -0.39 is 0 Å². The van der Waals surface area contributed by atoms with Crippen LogP contribution in [0.2, 0.25) is 0 Å². The maximum absolute atomic E-state index is 4.10. The van der Waals surface area contributed by atoms with Crippen LogP contribution in [0.5, 0.6) is 0 Å². The Hall–Kier alpha value is -2.18. The van der Waals surface area contributed by atoms with Crippen molar-refractivity contribution in [2.45, 2.75) is 12.8 Å². The predicted octanol–water partition coefficient (Wildman–Crippen LogP) is 2.17. The molecule has 0 fully saturated rings. The molecule has 0 heterocycles. The quantitative estimate of drug-likeness (QED) is 0.299. The first kappa shape index (κ1) is 25.4. The Bertz CT molecular complexity index is 1570. The first-order valence-corrected chi connectivity index (χ1v) is 10.6. The van der Waals surface area contributed by atoms with E-state index in [0.29, 0.717) is 0 Å². The van der Waals surface area contributed by atoms with Crippen molar-refractivity contribution < 1.29 is 51.0 Å². The molecule has 0 aliphatic carbocycles. The monoisotopic (exact) mass is 542 g/mol. The van der Waals surface area contributed by atoms with Crippen molar-refractivity contribution in [2.24, 2.45) is 0 Å². The number of benzene rings is 4. The minimum Gasteiger partial charge on any atom is -1.00 e. The van der Waals surface area contributed by atoms with Gasteiger partial charge in [-0.05, 0) is 10.8 Å². The van der Waals surface area contributed by atoms with E-state index in [4.69, 9.17) is 0 Å². The average Bonchev–Trinajstić information content (AvgIpc) is 3.38. The van der Waals surface area contributed by atoms with Crippen LogP contribution in [0.25, 0.3) is 49.2 Å². The van der Waals surface area contributed by atoms with E-state index in [1.54, 1.807) is 0 Å². The van der Waals surface area contributed by atoms with Crippen LogP contribution in [-0.2, 0) is 39.0 Å². The van der Waals surface area contributed by atoms with Crippen LogP contribution in [0.4, 0.5) is 0 Å². The number of fused-ring (bicyclic) bond motifs is 6. The molecule has 0 nitrogen and oxygen atoms in total. The van der Waals surface area contributed by atoms with Gasteiger partial charge < -0.3 is 24.8 Å². The van der Waals surface area contributed by atoms with E-state index >= 15 is 0 Å². The molecule has 160 valence electrons. The molecule has 6 aromatic carbocycles. The summed E-state index contributed by atoms with van der Waals surface area (Å²) in [4.78, 5) is 0. The topological polar surface area (TPSA) is 0 Å². The SMILES string of the molecule is C=Cc1[cH-]c2ccc3ccccc3c2c1CCc1c[cH-]c2ccc3ccccc3c12.[Cl-].[Cl-].[Zr+4]. The second kappa shape index (κ2) is 10.4. The molecule has 0 aliphatic heterocycles. The summed E-state index contributed by atoms with van der Waals surface area (Å²) in [5.41, 5.74) is 4.12. The van der Waals surface area contributed by atoms with Crippen LogP contribution >= 0.6 is 0 Å². The van der Waals surface area contributed by atoms with Crippen LogP contribution in [-0.4, -0.2) is 0 Å². The van der Waals surface area contributed by atoms with Crippen molar-refractivity contribution in [3.63, 3.8) is 0 Å². The summed E-state index contributed by atoms with van der Waals surface area (Å²) in [5.74, 6) is 0. The van der Waals surface area contributed by atoms with Gasteiger partial charge in [-0.1, -0.05) is 84.3 Å². The standard InChI is InChI=1S/C30H22.2ClH.Zr/c1-2-20-19-25-16-12-22-8-4-6-10-27(22)30(25)28(20)18-17-24-15-14-23-13-11-21-7-3-5-9-26(21)29(23)24;;;/h2-16,19H,1,17-18H2;2*1H;/q-2;;;+4/p-2. The predicted molar refractivity (Wildman–Crippen MR) is 132 cm³/mol. The van der Waals surface area contributed by atoms with E-state index in [1.165, 1.54) is 59.8 Å². The first-order valence-electron chi connectivity index (χ1n) is 10.6. The van der Waals surface area contributed by atoms with Crippen LogP contribution < -0.4 is 24.8 Å². The van der Waals surface area contributed by atoms with Crippen molar-refractivity contribution in [1.82, 2.24) is 0 Å². The van der Waals surface area contributed by atoms with Gasteiger partial charge in [-0.2, -0.15) is 5.56 Å². The Morgan fingerprint density at radius 1 is 0.697 bits per heavy atom. The molecule has 0 spiro atoms. The Kier molecular flexibility index (Phi) is 8.01. The Morgan fingerprint density at radius 2 is 1.30 bits per heavy atom. The smallest absolute Gasteiger partial charge is 1.00 e. The molecule has 6 aromatic rings. The normalized spacial score (nSPS) is 10.7. The molecule has 0 aliphatic rings. The van der Waals surface area contributed by atoms with Crippen molar-refractivity contribution in [3.05, 3.63) is 114 Å². The molecule has 0 saturated heterocycles. The van der Waals surface area contributed by atoms with Crippen molar-refractivity contribution in [3.8, 4) is 0 Å². The van der Waals surface area contributed by atoms with E-state index in [9.17, 15) is 0 Å². The van der Waals surface area contributed by atoms with Crippen LogP contribution in [0.3, 0.4) is 0 Å². The third-order valence-corrected chi connectivity index (χ3v) is 6.53. The minimum atomic E-state index is 0. The molecule has 0 N–H and O–H groups in total. The Morgan fingerprint density at radius 3 is 1.97 bits per heavy atom. The molecule has 3 heteroatoms. The van der Waals surface area contributed by atoms with Gasteiger partial charge in [-0.25, -0.2) is 0 Å². The van der Waals surface area contributed by atoms with E-state index in [1.807, 2.05) is 6.08 Å². The van der Waals surface area contributed by atoms with Gasteiger partial charge >= 0.3 is 26.2 Å². The fourth-order valence-electron chi connectivity index (χ4n) is 5.12. The summed E-state index contributed by atoms with van der Waals surface area (Å²) in [5, 5.41) is 10.8. The summed E-state index contributed by atoms with van der Waals surface area (Å²) in [6, 6.07) is 33.3. The van der Waals surface area contributed by atoms with Crippen LogP contribution in [0.1, 0.15) is 16.7 Å². The van der Waals surface area contributed by atoms with E-state index in [2.05, 4.69) is 97.6 Å². The van der Waals surface area contributed by atoms with Crippen molar-refractivity contribution >= 4 is 49.2 Å². The summed E-state index contributed by atoms with van der Waals surface area (Å²) in [6.45, 7) is 4.10. The molecule has 0 atom stereocenters. The molecule has 0 bridgehead atoms. The number of rotatable bonds is 4. The second-order valence-corrected chi connectivity index (χ2v) is 8.14. The summed E-state index contributed by atoms with van der Waals surface area (Å²) in [7, 11) is 0. The summed E-state index contributed by atoms with van der Waals surface area (Å²) in [6.07, 6.45) is 4.06. The third-order valence-electron chi connectivity index (χ3n) is 6.53. The Balaban J connectivity index is 0.00000102. The molecule has 0 aromatic heterocycles. The zero-order chi connectivity index (χ0) is 20.1. The molecule has 0 unspecified atom stereocenters. The summed E-state index contributed by atoms with van der Waals surface area (Å²) >= 11 is 0. The van der Waals surface area contributed by atoms with Gasteiger partial charge in [0.05, 0.1) is 0 Å². The number of hydrogen-bond donors (Lipinski definition) is 0. The van der Waals surface area contributed by atoms with E-state index in [-0.39, 0.29) is 51.0 Å². The molecular weight excluding hydrogens is 522 g/mol. The van der Waals surface area contributed by atoms with Gasteiger partial charge in [0.2, 0.25) is 0 Å². The molecular formula is C30H22Cl2Zr. The van der Waals surface area contributed by atoms with Crippen LogP contribution in [0.15, 0.2) is 97.6 Å². The molecule has 0 amide bonds. The number of aryl methyl sites for hydroxylation is 2. The van der Waals surface area contributed by atoms with Gasteiger partial charge in [0.25, 0.3) is 0 Å². The maximum Gasteiger partial charge on any atom is 4.00 e. The largest absolute Gasteiger partial charge is 4.00 e. The molecule has 0 saturated carbocycles. The fraction of sp³-hybridized carbons (Fsp3) is 0.0667. The maximum atomic E-state index is 4.10. The van der Waals surface area contributed by atoms with Crippen LogP contribution in [0, 0.1) is 0 Å². The molecule has 33 heavy (non-hydrogen) atoms. The molecule has 0 radical (unpaired) electrons. The fourth-order valence-corrected chi connectivity index (χ4v) is 5.12. The zero-order valence-electron chi connectivity index (χ0n) is 18.1. The van der Waals surface area contributed by atoms with Gasteiger partial charge in [-0.15, -0.1) is 75.7 Å². The van der Waals surface area contributed by atoms with Gasteiger partial charge in [-0.3, -0.25) is 0 Å². The average molecular weight is 545 g/mol. The van der Waals surface area contributed by atoms with Gasteiger partial charge in [0, 0.05) is 0 Å². The van der Waals surface area contributed by atoms with Crippen molar-refractivity contribution in [1.29, 1.82) is 0 Å². The first-order chi connectivity index (χ1) is 14.8. The minimum absolute atomic E-state index is 0. The third kappa shape index (κ3) is 4.24. The summed E-state index contributed by atoms with van der Waals surface area (Å²) < 4.78 is 0. The molecule has 6 rings (SSSR count). The number of hydrogen-bond acceptors (Lipinski definition) is 0. The zero-order valence-corrected chi connectivity index (χ0v) is 22.1. The second-order valence-electron chi connectivity index (χ2n) is 8.14.